The van der Waals surface area contributed by atoms with Crippen LogP contribution < -0.4 is 0 Å². The van der Waals surface area contributed by atoms with Gasteiger partial charge in [-0.1, -0.05) is 6.92 Å². The molecule has 1 heterocycles. The second kappa shape index (κ2) is 5.89. The molecule has 0 aliphatic carbocycles. The van der Waals surface area contributed by atoms with Gasteiger partial charge in [-0.05, 0) is 33.1 Å². The van der Waals surface area contributed by atoms with E-state index in [9.17, 15) is 9.90 Å². The van der Waals surface area contributed by atoms with Gasteiger partial charge in [0.1, 0.15) is 5.60 Å². The van der Waals surface area contributed by atoms with Gasteiger partial charge in [0.15, 0.2) is 6.29 Å². The van der Waals surface area contributed by atoms with Crippen molar-refractivity contribution in [3.05, 3.63) is 0 Å². The van der Waals surface area contributed by atoms with Crippen LogP contribution in [0.1, 0.15) is 34.1 Å². The first-order valence-corrected chi connectivity index (χ1v) is 6.43. The van der Waals surface area contributed by atoms with Gasteiger partial charge in [0.05, 0.1) is 0 Å². The fourth-order valence-electron chi connectivity index (χ4n) is 2.14. The van der Waals surface area contributed by atoms with E-state index < -0.39 is 11.9 Å². The van der Waals surface area contributed by atoms with Gasteiger partial charge in [-0.25, -0.2) is 4.79 Å². The Balaban J connectivity index is 2.61. The molecule has 106 valence electrons. The number of methoxy groups -OCH3 is 1. The van der Waals surface area contributed by atoms with Gasteiger partial charge in [0.2, 0.25) is 0 Å². The quantitative estimate of drug-likeness (QED) is 0.769. The van der Waals surface area contributed by atoms with Crippen molar-refractivity contribution < 1.29 is 19.4 Å². The Bertz CT molecular complexity index is 283. The first-order chi connectivity index (χ1) is 8.24. The molecule has 3 atom stereocenters. The molecule has 0 aromatic rings. The van der Waals surface area contributed by atoms with Gasteiger partial charge in [-0.2, -0.15) is 0 Å². The van der Waals surface area contributed by atoms with Gasteiger partial charge >= 0.3 is 6.09 Å². The lowest BCUT2D eigenvalue weighted by atomic mass is 9.86. The number of carbonyl (C=O) groups is 1. The van der Waals surface area contributed by atoms with Crippen LogP contribution in [0.25, 0.3) is 0 Å². The number of aliphatic hydroxyl groups excluding tert-OH is 1. The number of likely N-dealkylation sites (tertiary alicyclic amines) is 1. The first kappa shape index (κ1) is 15.2. The van der Waals surface area contributed by atoms with E-state index in [4.69, 9.17) is 9.47 Å². The lowest BCUT2D eigenvalue weighted by Gasteiger charge is -2.39. The largest absolute Gasteiger partial charge is 0.444 e. The highest BCUT2D eigenvalue weighted by atomic mass is 16.6. The minimum atomic E-state index is -0.828. The van der Waals surface area contributed by atoms with Crippen LogP contribution >= 0.6 is 0 Å². The molecule has 1 amide bonds. The molecule has 5 heteroatoms. The molecule has 1 N–H and O–H groups in total. The third kappa shape index (κ3) is 4.14. The van der Waals surface area contributed by atoms with Crippen LogP contribution in [0.15, 0.2) is 0 Å². The minimum absolute atomic E-state index is 0.0590. The zero-order valence-corrected chi connectivity index (χ0v) is 12.0. The van der Waals surface area contributed by atoms with Crippen molar-refractivity contribution >= 4 is 6.09 Å². The molecule has 0 aromatic heterocycles. The molecule has 0 saturated carbocycles. The van der Waals surface area contributed by atoms with Crippen molar-refractivity contribution in [3.63, 3.8) is 0 Å². The van der Waals surface area contributed by atoms with Crippen molar-refractivity contribution in [3.8, 4) is 0 Å². The van der Waals surface area contributed by atoms with Crippen molar-refractivity contribution in [2.45, 2.75) is 46.0 Å². The van der Waals surface area contributed by atoms with E-state index in [0.717, 1.165) is 6.42 Å². The number of ether oxygens (including phenoxy) is 2. The van der Waals surface area contributed by atoms with E-state index >= 15 is 0 Å². The summed E-state index contributed by atoms with van der Waals surface area (Å²) in [6, 6.07) is 0. The number of hydrogen-bond acceptors (Lipinski definition) is 4. The highest BCUT2D eigenvalue weighted by molar-refractivity contribution is 5.68. The number of amides is 1. The number of piperidine rings is 1. The van der Waals surface area contributed by atoms with Crippen LogP contribution in [0.5, 0.6) is 0 Å². The summed E-state index contributed by atoms with van der Waals surface area (Å²) in [6.07, 6.45) is -0.294. The topological polar surface area (TPSA) is 59.0 Å². The third-order valence-corrected chi connectivity index (χ3v) is 3.28. The van der Waals surface area contributed by atoms with Gasteiger partial charge < -0.3 is 19.5 Å². The third-order valence-electron chi connectivity index (χ3n) is 3.28. The number of carbonyl (C=O) groups excluding carboxylic acids is 1. The zero-order valence-electron chi connectivity index (χ0n) is 12.0. The van der Waals surface area contributed by atoms with Crippen LogP contribution in [0.4, 0.5) is 4.79 Å². The normalized spacial score (nSPS) is 26.9. The van der Waals surface area contributed by atoms with Crippen LogP contribution in [0.2, 0.25) is 0 Å². The Morgan fingerprint density at radius 1 is 1.44 bits per heavy atom. The predicted octanol–water partition coefficient (Wildman–Crippen LogP) is 1.84. The summed E-state index contributed by atoms with van der Waals surface area (Å²) in [5, 5.41) is 9.78. The van der Waals surface area contributed by atoms with E-state index in [0.29, 0.717) is 19.0 Å². The average molecular weight is 259 g/mol. The molecule has 5 nitrogen and oxygen atoms in total. The molecule has 0 radical (unpaired) electrons. The Hall–Kier alpha value is -0.810. The smallest absolute Gasteiger partial charge is 0.410 e. The molecule has 0 bridgehead atoms. The van der Waals surface area contributed by atoms with Gasteiger partial charge in [0, 0.05) is 26.1 Å². The summed E-state index contributed by atoms with van der Waals surface area (Å²) >= 11 is 0. The Labute approximate surface area is 109 Å². The Morgan fingerprint density at radius 3 is 2.56 bits per heavy atom. The summed E-state index contributed by atoms with van der Waals surface area (Å²) in [7, 11) is 1.48. The molecule has 1 unspecified atom stereocenters. The first-order valence-electron chi connectivity index (χ1n) is 6.43. The van der Waals surface area contributed by atoms with E-state index in [1.807, 2.05) is 20.8 Å². The summed E-state index contributed by atoms with van der Waals surface area (Å²) in [6.45, 7) is 8.75. The van der Waals surface area contributed by atoms with Crippen molar-refractivity contribution in [1.29, 1.82) is 0 Å². The summed E-state index contributed by atoms with van der Waals surface area (Å²) < 4.78 is 10.3. The fourth-order valence-corrected chi connectivity index (χ4v) is 2.14. The van der Waals surface area contributed by atoms with E-state index in [1.165, 1.54) is 7.11 Å². The van der Waals surface area contributed by atoms with Gasteiger partial charge in [0.25, 0.3) is 0 Å². The lowest BCUT2D eigenvalue weighted by molar-refractivity contribution is -0.138. The summed E-state index contributed by atoms with van der Waals surface area (Å²) in [5.74, 6) is 0.273. The molecule has 0 aromatic carbocycles. The average Bonchev–Trinajstić information content (AvgIpc) is 2.26. The molecule has 1 fully saturated rings. The number of aliphatic hydroxyl groups is 1. The monoisotopic (exact) mass is 259 g/mol. The Morgan fingerprint density at radius 2 is 2.06 bits per heavy atom. The highest BCUT2D eigenvalue weighted by Crippen LogP contribution is 2.27. The molecular weight excluding hydrogens is 234 g/mol. The second-order valence-corrected chi connectivity index (χ2v) is 5.98. The van der Waals surface area contributed by atoms with E-state index in [2.05, 4.69) is 6.92 Å². The number of hydrogen-bond donors (Lipinski definition) is 1. The van der Waals surface area contributed by atoms with Crippen molar-refractivity contribution in [2.75, 3.05) is 20.2 Å². The van der Waals surface area contributed by atoms with Crippen LogP contribution in [-0.4, -0.2) is 48.2 Å². The fraction of sp³-hybridized carbons (Fsp3) is 0.923. The predicted molar refractivity (Wildman–Crippen MR) is 68.1 cm³/mol. The summed E-state index contributed by atoms with van der Waals surface area (Å²) in [5.41, 5.74) is -0.491. The molecule has 1 rings (SSSR count). The molecule has 1 saturated heterocycles. The van der Waals surface area contributed by atoms with Crippen molar-refractivity contribution in [1.82, 2.24) is 4.90 Å². The lowest BCUT2D eigenvalue weighted by Crippen LogP contribution is -2.48. The molecule has 1 aliphatic rings. The highest BCUT2D eigenvalue weighted by Gasteiger charge is 2.35. The Kier molecular flexibility index (Phi) is 4.99. The standard InChI is InChI=1S/C13H25NO4/c1-9-6-7-14(8-10(9)11(15)17-5)12(16)18-13(2,3)4/h9-11,15H,6-8H2,1-5H3/t9-,10-,11?/m1/s1. The maximum atomic E-state index is 12.0. The number of rotatable bonds is 2. The van der Waals surface area contributed by atoms with Crippen LogP contribution in [-0.2, 0) is 9.47 Å². The van der Waals surface area contributed by atoms with Gasteiger partial charge in [-0.15, -0.1) is 0 Å². The van der Waals surface area contributed by atoms with Crippen molar-refractivity contribution in [2.24, 2.45) is 11.8 Å². The van der Waals surface area contributed by atoms with Crippen LogP contribution in [0, 0.1) is 11.8 Å². The molecular formula is C13H25NO4. The SMILES string of the molecule is COC(O)[C@@H]1CN(C(=O)OC(C)(C)C)CC[C@H]1C. The minimum Gasteiger partial charge on any atom is -0.444 e. The summed E-state index contributed by atoms with van der Waals surface area (Å²) in [4.78, 5) is 13.6. The molecule has 1 aliphatic heterocycles. The molecule has 18 heavy (non-hydrogen) atoms. The van der Waals surface area contributed by atoms with Gasteiger partial charge in [-0.3, -0.25) is 0 Å². The van der Waals surface area contributed by atoms with E-state index in [1.54, 1.807) is 4.90 Å². The maximum Gasteiger partial charge on any atom is 0.410 e. The molecule has 0 spiro atoms. The number of nitrogens with zero attached hydrogens (tertiary/aromatic N) is 1. The second-order valence-electron chi connectivity index (χ2n) is 5.98. The maximum absolute atomic E-state index is 12.0. The van der Waals surface area contributed by atoms with E-state index in [-0.39, 0.29) is 12.0 Å². The zero-order chi connectivity index (χ0) is 13.9. The van der Waals surface area contributed by atoms with Crippen LogP contribution in [0.3, 0.4) is 0 Å².